The summed E-state index contributed by atoms with van der Waals surface area (Å²) in [4.78, 5) is 17.3. The summed E-state index contributed by atoms with van der Waals surface area (Å²) in [7, 11) is -2.73. The molecule has 0 amide bonds. The predicted molar refractivity (Wildman–Crippen MR) is 131 cm³/mol. The fourth-order valence-electron chi connectivity index (χ4n) is 3.45. The van der Waals surface area contributed by atoms with Gasteiger partial charge in [-0.3, -0.25) is 9.20 Å². The number of para-hydroxylation sites is 2. The molecule has 4 rings (SSSR count). The van der Waals surface area contributed by atoms with Crippen LogP contribution < -0.4 is 15.0 Å². The first-order chi connectivity index (χ1) is 16.8. The Kier molecular flexibility index (Phi) is 6.40. The van der Waals surface area contributed by atoms with Gasteiger partial charge in [-0.15, -0.1) is 0 Å². The molecule has 0 aliphatic carbocycles. The lowest BCUT2D eigenvalue weighted by atomic mass is 10.2. The van der Waals surface area contributed by atoms with Gasteiger partial charge in [-0.1, -0.05) is 35.9 Å². The van der Waals surface area contributed by atoms with Crippen molar-refractivity contribution in [3.05, 3.63) is 98.8 Å². The van der Waals surface area contributed by atoms with E-state index in [9.17, 15) is 18.5 Å². The van der Waals surface area contributed by atoms with Crippen LogP contribution in [0.25, 0.3) is 11.7 Å². The molecule has 0 N–H and O–H groups in total. The van der Waals surface area contributed by atoms with Crippen LogP contribution in [-0.2, 0) is 9.84 Å². The zero-order valence-electron chi connectivity index (χ0n) is 19.2. The fraction of sp³-hybridized carbons (Fsp3) is 0.115. The van der Waals surface area contributed by atoms with E-state index < -0.39 is 20.3 Å². The minimum Gasteiger partial charge on any atom is -0.493 e. The predicted octanol–water partition coefficient (Wildman–Crippen LogP) is 4.45. The van der Waals surface area contributed by atoms with Crippen LogP contribution in [-0.4, -0.2) is 24.9 Å². The monoisotopic (exact) mass is 487 g/mol. The Morgan fingerprint density at radius 3 is 2.37 bits per heavy atom. The summed E-state index contributed by atoms with van der Waals surface area (Å²) in [5.74, 6) is 0.511. The molecule has 0 radical (unpaired) electrons. The van der Waals surface area contributed by atoms with Gasteiger partial charge < -0.3 is 9.47 Å². The smallest absolute Gasteiger partial charge is 0.269 e. The van der Waals surface area contributed by atoms with Crippen molar-refractivity contribution in [3.8, 4) is 23.4 Å². The van der Waals surface area contributed by atoms with Gasteiger partial charge in [-0.05, 0) is 55.8 Å². The summed E-state index contributed by atoms with van der Waals surface area (Å²) in [6.07, 6.45) is 2.52. The van der Waals surface area contributed by atoms with Gasteiger partial charge in [0.05, 0.1) is 12.0 Å². The number of rotatable bonds is 6. The standard InChI is InChI=1S/C26H21N3O5S/c1-17-10-12-19(13-11-17)35(31,32)20(16-27)15-21-25(34-23-9-5-4-8-22(23)33-3)28-24-18(2)7-6-14-29(24)26(21)30/h4-15H,1-3H3. The summed E-state index contributed by atoms with van der Waals surface area (Å²) in [5, 5.41) is 9.76. The largest absolute Gasteiger partial charge is 0.493 e. The van der Waals surface area contributed by atoms with E-state index in [2.05, 4.69) is 4.98 Å². The van der Waals surface area contributed by atoms with E-state index in [1.165, 1.54) is 29.8 Å². The maximum absolute atomic E-state index is 13.5. The van der Waals surface area contributed by atoms with Gasteiger partial charge in [0.1, 0.15) is 22.2 Å². The Morgan fingerprint density at radius 1 is 1.03 bits per heavy atom. The molecule has 0 saturated heterocycles. The number of pyridine rings is 1. The van der Waals surface area contributed by atoms with Gasteiger partial charge in [0, 0.05) is 6.20 Å². The molecule has 4 aromatic rings. The Hall–Kier alpha value is -4.42. The molecule has 2 heterocycles. The zero-order chi connectivity index (χ0) is 25.2. The van der Waals surface area contributed by atoms with Crippen LogP contribution in [0.4, 0.5) is 0 Å². The molecule has 8 nitrogen and oxygen atoms in total. The lowest BCUT2D eigenvalue weighted by Gasteiger charge is -2.13. The van der Waals surface area contributed by atoms with Crippen molar-refractivity contribution in [1.29, 1.82) is 5.26 Å². The molecule has 2 aromatic carbocycles. The number of methoxy groups -OCH3 is 1. The van der Waals surface area contributed by atoms with Gasteiger partial charge in [0.25, 0.3) is 5.56 Å². The van der Waals surface area contributed by atoms with E-state index in [0.717, 1.165) is 11.6 Å². The quantitative estimate of drug-likeness (QED) is 0.370. The first kappa shape index (κ1) is 23.7. The third kappa shape index (κ3) is 4.52. The molecule has 0 bridgehead atoms. The van der Waals surface area contributed by atoms with Gasteiger partial charge >= 0.3 is 0 Å². The van der Waals surface area contributed by atoms with Crippen molar-refractivity contribution in [1.82, 2.24) is 9.38 Å². The lowest BCUT2D eigenvalue weighted by molar-refractivity contribution is 0.373. The van der Waals surface area contributed by atoms with Crippen LogP contribution in [0.5, 0.6) is 17.4 Å². The lowest BCUT2D eigenvalue weighted by Crippen LogP contribution is -2.20. The van der Waals surface area contributed by atoms with Gasteiger partial charge in [-0.2, -0.15) is 10.2 Å². The average molecular weight is 488 g/mol. The Balaban J connectivity index is 1.98. The van der Waals surface area contributed by atoms with Crippen LogP contribution in [0, 0.1) is 25.2 Å². The topological polar surface area (TPSA) is 111 Å². The summed E-state index contributed by atoms with van der Waals surface area (Å²) < 4.78 is 39.0. The third-order valence-corrected chi connectivity index (χ3v) is 7.01. The van der Waals surface area contributed by atoms with E-state index in [1.54, 1.807) is 61.5 Å². The van der Waals surface area contributed by atoms with Crippen molar-refractivity contribution in [2.75, 3.05) is 7.11 Å². The van der Waals surface area contributed by atoms with Crippen LogP contribution in [0.1, 0.15) is 16.7 Å². The molecule has 35 heavy (non-hydrogen) atoms. The summed E-state index contributed by atoms with van der Waals surface area (Å²) >= 11 is 0. The molecule has 0 aliphatic rings. The maximum atomic E-state index is 13.5. The SMILES string of the molecule is COc1ccccc1Oc1nc2c(C)cccn2c(=O)c1C=C(C#N)S(=O)(=O)c1ccc(C)cc1. The molecule has 2 aromatic heterocycles. The number of aryl methyl sites for hydroxylation is 2. The van der Waals surface area contributed by atoms with E-state index in [4.69, 9.17) is 9.47 Å². The van der Waals surface area contributed by atoms with E-state index >= 15 is 0 Å². The molecule has 0 aliphatic heterocycles. The fourth-order valence-corrected chi connectivity index (χ4v) is 4.59. The van der Waals surface area contributed by atoms with E-state index in [1.807, 2.05) is 6.92 Å². The van der Waals surface area contributed by atoms with Gasteiger partial charge in [-0.25, -0.2) is 8.42 Å². The second-order valence-corrected chi connectivity index (χ2v) is 9.63. The minimum absolute atomic E-state index is 0.0622. The number of allylic oxidation sites excluding steroid dienone is 1. The normalized spacial score (nSPS) is 11.8. The number of ether oxygens (including phenoxy) is 2. The minimum atomic E-state index is -4.20. The van der Waals surface area contributed by atoms with Crippen molar-refractivity contribution in [2.24, 2.45) is 0 Å². The molecular formula is C26H21N3O5S. The van der Waals surface area contributed by atoms with Crippen molar-refractivity contribution in [2.45, 2.75) is 18.7 Å². The van der Waals surface area contributed by atoms with Crippen LogP contribution in [0.15, 0.2) is 81.5 Å². The molecule has 0 saturated carbocycles. The number of nitrogens with zero attached hydrogens (tertiary/aromatic N) is 3. The number of hydrogen-bond donors (Lipinski definition) is 0. The van der Waals surface area contributed by atoms with Gasteiger partial charge in [0.2, 0.25) is 15.7 Å². The van der Waals surface area contributed by atoms with Crippen molar-refractivity contribution < 1.29 is 17.9 Å². The number of nitriles is 1. The number of benzene rings is 2. The molecular weight excluding hydrogens is 466 g/mol. The van der Waals surface area contributed by atoms with Crippen LogP contribution in [0.3, 0.4) is 0 Å². The van der Waals surface area contributed by atoms with Crippen LogP contribution in [0.2, 0.25) is 0 Å². The summed E-state index contributed by atoms with van der Waals surface area (Å²) in [5.41, 5.74) is 1.13. The van der Waals surface area contributed by atoms with Crippen LogP contribution >= 0.6 is 0 Å². The molecule has 176 valence electrons. The molecule has 9 heteroatoms. The third-order valence-electron chi connectivity index (χ3n) is 5.33. The van der Waals surface area contributed by atoms with Crippen molar-refractivity contribution >= 4 is 21.6 Å². The highest BCUT2D eigenvalue weighted by Gasteiger charge is 2.24. The zero-order valence-corrected chi connectivity index (χ0v) is 20.0. The van der Waals surface area contributed by atoms with Gasteiger partial charge in [0.15, 0.2) is 11.5 Å². The van der Waals surface area contributed by atoms with E-state index in [-0.39, 0.29) is 22.1 Å². The average Bonchev–Trinajstić information content (AvgIpc) is 2.85. The number of sulfone groups is 1. The Bertz CT molecular complexity index is 1660. The summed E-state index contributed by atoms with van der Waals surface area (Å²) in [6.45, 7) is 3.61. The number of aromatic nitrogens is 2. The first-order valence-corrected chi connectivity index (χ1v) is 12.0. The Morgan fingerprint density at radius 2 is 1.71 bits per heavy atom. The highest BCUT2D eigenvalue weighted by molar-refractivity contribution is 7.95. The van der Waals surface area contributed by atoms with E-state index in [0.29, 0.717) is 17.0 Å². The molecule has 0 atom stereocenters. The van der Waals surface area contributed by atoms with Crippen molar-refractivity contribution in [3.63, 3.8) is 0 Å². The maximum Gasteiger partial charge on any atom is 0.269 e. The number of fused-ring (bicyclic) bond motifs is 1. The molecule has 0 spiro atoms. The second kappa shape index (κ2) is 9.44. The number of hydrogen-bond acceptors (Lipinski definition) is 7. The summed E-state index contributed by atoms with van der Waals surface area (Å²) in [6, 6.07) is 18.0. The highest BCUT2D eigenvalue weighted by atomic mass is 32.2. The molecule has 0 fully saturated rings. The first-order valence-electron chi connectivity index (χ1n) is 10.5. The highest BCUT2D eigenvalue weighted by Crippen LogP contribution is 2.32. The Labute approximate surface area is 202 Å². The second-order valence-electron chi connectivity index (χ2n) is 7.71. The molecule has 0 unspecified atom stereocenters.